The lowest BCUT2D eigenvalue weighted by Crippen LogP contribution is -2.13. The number of aromatic nitrogens is 1. The summed E-state index contributed by atoms with van der Waals surface area (Å²) in [5.74, 6) is -0.185. The molecule has 0 unspecified atom stereocenters. The fraction of sp³-hybridized carbons (Fsp3) is 0.182. The highest BCUT2D eigenvalue weighted by Crippen LogP contribution is 2.15. The second-order valence-corrected chi connectivity index (χ2v) is 5.16. The van der Waals surface area contributed by atoms with Gasteiger partial charge in [-0.3, -0.25) is 0 Å². The van der Waals surface area contributed by atoms with Crippen LogP contribution in [-0.4, -0.2) is 4.98 Å². The topological polar surface area (TPSA) is 24.9 Å². The number of thiazole rings is 1. The molecule has 0 atom stereocenters. The van der Waals surface area contributed by atoms with E-state index in [2.05, 4.69) is 26.2 Å². The molecule has 1 aromatic carbocycles. The molecule has 84 valence electrons. The van der Waals surface area contributed by atoms with Crippen LogP contribution in [0.2, 0.25) is 0 Å². The number of hydrogen-bond acceptors (Lipinski definition) is 3. The van der Waals surface area contributed by atoms with Crippen LogP contribution < -0.4 is 5.32 Å². The van der Waals surface area contributed by atoms with Gasteiger partial charge in [0.15, 0.2) is 0 Å². The first-order chi connectivity index (χ1) is 7.75. The third kappa shape index (κ3) is 3.10. The first kappa shape index (κ1) is 11.7. The molecule has 2 aromatic rings. The highest BCUT2D eigenvalue weighted by molar-refractivity contribution is 9.10. The zero-order chi connectivity index (χ0) is 11.4. The first-order valence-electron chi connectivity index (χ1n) is 4.79. The molecule has 0 aliphatic heterocycles. The Kier molecular flexibility index (Phi) is 4.04. The summed E-state index contributed by atoms with van der Waals surface area (Å²) in [6.07, 6.45) is 1.77. The second-order valence-electron chi connectivity index (χ2n) is 3.27. The van der Waals surface area contributed by atoms with E-state index in [-0.39, 0.29) is 5.82 Å². The highest BCUT2D eigenvalue weighted by Gasteiger charge is 2.02. The minimum atomic E-state index is -0.185. The molecule has 0 fully saturated rings. The van der Waals surface area contributed by atoms with Gasteiger partial charge >= 0.3 is 0 Å². The summed E-state index contributed by atoms with van der Waals surface area (Å²) in [6, 6.07) is 4.94. The van der Waals surface area contributed by atoms with E-state index < -0.39 is 0 Å². The molecule has 16 heavy (non-hydrogen) atoms. The Morgan fingerprint density at radius 3 is 3.00 bits per heavy atom. The van der Waals surface area contributed by atoms with Gasteiger partial charge in [0.25, 0.3) is 0 Å². The van der Waals surface area contributed by atoms with E-state index in [9.17, 15) is 4.39 Å². The van der Waals surface area contributed by atoms with Crippen LogP contribution in [0.15, 0.2) is 34.2 Å². The van der Waals surface area contributed by atoms with Crippen molar-refractivity contribution in [2.75, 3.05) is 0 Å². The van der Waals surface area contributed by atoms with Gasteiger partial charge in [-0.25, -0.2) is 9.37 Å². The molecule has 0 aliphatic carbocycles. The quantitative estimate of drug-likeness (QED) is 0.937. The van der Waals surface area contributed by atoms with Crippen LogP contribution >= 0.6 is 27.3 Å². The molecule has 0 amide bonds. The molecule has 1 heterocycles. The van der Waals surface area contributed by atoms with Gasteiger partial charge in [0.05, 0.1) is 0 Å². The van der Waals surface area contributed by atoms with Gasteiger partial charge in [-0.2, -0.15) is 0 Å². The molecule has 0 spiro atoms. The molecule has 0 bridgehead atoms. The number of nitrogens with one attached hydrogen (secondary N) is 1. The van der Waals surface area contributed by atoms with Gasteiger partial charge in [0.1, 0.15) is 10.8 Å². The maximum absolute atomic E-state index is 13.4. The van der Waals surface area contributed by atoms with Gasteiger partial charge in [-0.1, -0.05) is 15.9 Å². The second kappa shape index (κ2) is 5.52. The number of benzene rings is 1. The summed E-state index contributed by atoms with van der Waals surface area (Å²) >= 11 is 4.91. The van der Waals surface area contributed by atoms with Crippen molar-refractivity contribution >= 4 is 27.3 Å². The Labute approximate surface area is 106 Å². The van der Waals surface area contributed by atoms with E-state index in [0.717, 1.165) is 9.48 Å². The van der Waals surface area contributed by atoms with Crippen LogP contribution in [0.1, 0.15) is 10.6 Å². The van der Waals surface area contributed by atoms with Crippen LogP contribution in [0, 0.1) is 5.82 Å². The maximum Gasteiger partial charge on any atom is 0.127 e. The average molecular weight is 301 g/mol. The van der Waals surface area contributed by atoms with E-state index in [1.54, 1.807) is 29.7 Å². The Bertz CT molecular complexity index is 459. The molecule has 2 rings (SSSR count). The number of rotatable bonds is 4. The summed E-state index contributed by atoms with van der Waals surface area (Å²) in [4.78, 5) is 4.14. The lowest BCUT2D eigenvalue weighted by atomic mass is 10.2. The molecule has 5 heteroatoms. The molecule has 0 aliphatic rings. The predicted molar refractivity (Wildman–Crippen MR) is 66.8 cm³/mol. The largest absolute Gasteiger partial charge is 0.306 e. The Morgan fingerprint density at radius 1 is 1.38 bits per heavy atom. The zero-order valence-corrected chi connectivity index (χ0v) is 10.8. The van der Waals surface area contributed by atoms with Crippen molar-refractivity contribution in [1.29, 1.82) is 0 Å². The van der Waals surface area contributed by atoms with Crippen molar-refractivity contribution in [3.63, 3.8) is 0 Å². The van der Waals surface area contributed by atoms with Gasteiger partial charge in [0, 0.05) is 34.7 Å². The zero-order valence-electron chi connectivity index (χ0n) is 8.41. The summed E-state index contributed by atoms with van der Waals surface area (Å²) < 4.78 is 14.3. The molecular formula is C11H10BrFN2S. The van der Waals surface area contributed by atoms with Crippen molar-refractivity contribution in [2.45, 2.75) is 13.1 Å². The molecular weight excluding hydrogens is 291 g/mol. The van der Waals surface area contributed by atoms with Crippen LogP contribution in [0.4, 0.5) is 4.39 Å². The number of hydrogen-bond donors (Lipinski definition) is 1. The molecule has 1 aromatic heterocycles. The molecule has 0 saturated carbocycles. The lowest BCUT2D eigenvalue weighted by Gasteiger charge is -2.04. The smallest absolute Gasteiger partial charge is 0.127 e. The lowest BCUT2D eigenvalue weighted by molar-refractivity contribution is 0.587. The summed E-state index contributed by atoms with van der Waals surface area (Å²) in [6.45, 7) is 1.18. The molecule has 2 nitrogen and oxygen atoms in total. The first-order valence-corrected chi connectivity index (χ1v) is 6.46. The highest BCUT2D eigenvalue weighted by atomic mass is 79.9. The van der Waals surface area contributed by atoms with Crippen molar-refractivity contribution in [1.82, 2.24) is 10.3 Å². The summed E-state index contributed by atoms with van der Waals surface area (Å²) in [7, 11) is 0. The summed E-state index contributed by atoms with van der Waals surface area (Å²) in [5, 5.41) is 6.10. The SMILES string of the molecule is Fc1ccc(Br)cc1CNCc1nccs1. The summed E-state index contributed by atoms with van der Waals surface area (Å²) in [5.41, 5.74) is 0.658. The van der Waals surface area contributed by atoms with E-state index in [4.69, 9.17) is 0 Å². The number of nitrogens with zero attached hydrogens (tertiary/aromatic N) is 1. The fourth-order valence-corrected chi connectivity index (χ4v) is 2.32. The van der Waals surface area contributed by atoms with Crippen LogP contribution in [-0.2, 0) is 13.1 Å². The standard InChI is InChI=1S/C11H10BrFN2S/c12-9-1-2-10(13)8(5-9)6-14-7-11-15-3-4-16-11/h1-5,14H,6-7H2. The van der Waals surface area contributed by atoms with Crippen molar-refractivity contribution < 1.29 is 4.39 Å². The maximum atomic E-state index is 13.4. The van der Waals surface area contributed by atoms with Gasteiger partial charge in [-0.15, -0.1) is 11.3 Å². The van der Waals surface area contributed by atoms with E-state index in [1.165, 1.54) is 6.07 Å². The van der Waals surface area contributed by atoms with Crippen LogP contribution in [0.3, 0.4) is 0 Å². The number of halogens is 2. The third-order valence-corrected chi connectivity index (χ3v) is 3.36. The minimum absolute atomic E-state index is 0.185. The van der Waals surface area contributed by atoms with E-state index >= 15 is 0 Å². The Morgan fingerprint density at radius 2 is 2.25 bits per heavy atom. The van der Waals surface area contributed by atoms with Crippen LogP contribution in [0.5, 0.6) is 0 Å². The minimum Gasteiger partial charge on any atom is -0.306 e. The third-order valence-electron chi connectivity index (χ3n) is 2.08. The Balaban J connectivity index is 1.92. The normalized spacial score (nSPS) is 10.6. The Hall–Kier alpha value is -0.780. The van der Waals surface area contributed by atoms with Crippen molar-refractivity contribution in [2.24, 2.45) is 0 Å². The van der Waals surface area contributed by atoms with E-state index in [0.29, 0.717) is 18.7 Å². The van der Waals surface area contributed by atoms with Crippen LogP contribution in [0.25, 0.3) is 0 Å². The predicted octanol–water partition coefficient (Wildman–Crippen LogP) is 3.33. The fourth-order valence-electron chi connectivity index (χ4n) is 1.32. The van der Waals surface area contributed by atoms with Crippen molar-refractivity contribution in [3.8, 4) is 0 Å². The monoisotopic (exact) mass is 300 g/mol. The van der Waals surface area contributed by atoms with Gasteiger partial charge < -0.3 is 5.32 Å². The van der Waals surface area contributed by atoms with E-state index in [1.807, 2.05) is 5.38 Å². The van der Waals surface area contributed by atoms with Gasteiger partial charge in [0.2, 0.25) is 0 Å². The molecule has 1 N–H and O–H groups in total. The van der Waals surface area contributed by atoms with Crippen molar-refractivity contribution in [3.05, 3.63) is 50.6 Å². The molecule has 0 saturated heterocycles. The molecule has 0 radical (unpaired) electrons. The average Bonchev–Trinajstić information content (AvgIpc) is 2.76. The van der Waals surface area contributed by atoms with Gasteiger partial charge in [-0.05, 0) is 18.2 Å².